The van der Waals surface area contributed by atoms with E-state index in [1.54, 1.807) is 17.9 Å². The lowest BCUT2D eigenvalue weighted by molar-refractivity contribution is -0.147. The first-order chi connectivity index (χ1) is 11.4. The van der Waals surface area contributed by atoms with Gasteiger partial charge >= 0.3 is 5.97 Å². The van der Waals surface area contributed by atoms with Crippen LogP contribution in [-0.2, 0) is 4.79 Å². The molecule has 2 aromatic rings. The number of rotatable bonds is 3. The lowest BCUT2D eigenvalue weighted by Crippen LogP contribution is -2.34. The van der Waals surface area contributed by atoms with E-state index >= 15 is 0 Å². The molecule has 4 heteroatoms. The van der Waals surface area contributed by atoms with Crippen molar-refractivity contribution in [2.45, 2.75) is 20.3 Å². The summed E-state index contributed by atoms with van der Waals surface area (Å²) in [5, 5.41) is 9.32. The quantitative estimate of drug-likeness (QED) is 0.939. The lowest BCUT2D eigenvalue weighted by atomic mass is 9.90. The van der Waals surface area contributed by atoms with E-state index in [-0.39, 0.29) is 12.5 Å². The van der Waals surface area contributed by atoms with Crippen LogP contribution >= 0.6 is 0 Å². The summed E-state index contributed by atoms with van der Waals surface area (Å²) in [6.07, 6.45) is 0.492. The molecule has 0 aliphatic carbocycles. The SMILES string of the molecule is Cc1cccc(-c2cccc(C(=O)N3CCC(C)(C(=O)O)C3)c2)c1. The molecule has 4 nitrogen and oxygen atoms in total. The van der Waals surface area contributed by atoms with E-state index in [1.807, 2.05) is 43.3 Å². The van der Waals surface area contributed by atoms with Gasteiger partial charge in [-0.15, -0.1) is 0 Å². The van der Waals surface area contributed by atoms with Crippen LogP contribution in [0, 0.1) is 12.3 Å². The Balaban J connectivity index is 1.84. The molecule has 0 saturated carbocycles. The maximum Gasteiger partial charge on any atom is 0.311 e. The molecule has 1 saturated heterocycles. The summed E-state index contributed by atoms with van der Waals surface area (Å²) < 4.78 is 0. The van der Waals surface area contributed by atoms with Gasteiger partial charge in [-0.25, -0.2) is 0 Å². The van der Waals surface area contributed by atoms with Gasteiger partial charge in [0.2, 0.25) is 0 Å². The Morgan fingerprint density at radius 3 is 2.38 bits per heavy atom. The van der Waals surface area contributed by atoms with Crippen LogP contribution in [0.2, 0.25) is 0 Å². The number of carboxylic acid groups (broad SMARTS) is 1. The Hall–Kier alpha value is -2.62. The fraction of sp³-hybridized carbons (Fsp3) is 0.300. The average molecular weight is 323 g/mol. The summed E-state index contributed by atoms with van der Waals surface area (Å²) in [4.78, 5) is 25.7. The second kappa shape index (κ2) is 6.11. The predicted molar refractivity (Wildman–Crippen MR) is 92.9 cm³/mol. The van der Waals surface area contributed by atoms with Crippen LogP contribution in [0.25, 0.3) is 11.1 Å². The maximum atomic E-state index is 12.7. The van der Waals surface area contributed by atoms with Crippen molar-refractivity contribution in [3.8, 4) is 11.1 Å². The van der Waals surface area contributed by atoms with Gasteiger partial charge < -0.3 is 10.0 Å². The van der Waals surface area contributed by atoms with Gasteiger partial charge in [0.1, 0.15) is 0 Å². The second-order valence-corrected chi connectivity index (χ2v) is 6.79. The minimum absolute atomic E-state index is 0.102. The number of benzene rings is 2. The van der Waals surface area contributed by atoms with Gasteiger partial charge in [-0.1, -0.05) is 42.0 Å². The summed E-state index contributed by atoms with van der Waals surface area (Å²) in [5.74, 6) is -0.944. The van der Waals surface area contributed by atoms with Crippen LogP contribution in [0.3, 0.4) is 0 Å². The number of hydrogen-bond acceptors (Lipinski definition) is 2. The highest BCUT2D eigenvalue weighted by atomic mass is 16.4. The molecule has 0 aromatic heterocycles. The molecule has 1 aliphatic rings. The van der Waals surface area contributed by atoms with Gasteiger partial charge in [-0.3, -0.25) is 9.59 Å². The smallest absolute Gasteiger partial charge is 0.311 e. The van der Waals surface area contributed by atoms with Crippen molar-refractivity contribution in [2.75, 3.05) is 13.1 Å². The molecule has 1 atom stereocenters. The molecule has 3 rings (SSSR count). The molecule has 124 valence electrons. The Bertz CT molecular complexity index is 799. The van der Waals surface area contributed by atoms with E-state index in [0.717, 1.165) is 11.1 Å². The number of amides is 1. The number of hydrogen-bond donors (Lipinski definition) is 1. The number of aryl methyl sites for hydroxylation is 1. The van der Waals surface area contributed by atoms with Crippen LogP contribution in [0.1, 0.15) is 29.3 Å². The van der Waals surface area contributed by atoms with Gasteiger partial charge in [0.25, 0.3) is 5.91 Å². The Labute approximate surface area is 141 Å². The molecule has 1 N–H and O–H groups in total. The molecule has 1 amide bonds. The van der Waals surface area contributed by atoms with Crippen LogP contribution in [0.15, 0.2) is 48.5 Å². The Kier molecular flexibility index (Phi) is 4.14. The fourth-order valence-electron chi connectivity index (χ4n) is 3.15. The summed E-state index contributed by atoms with van der Waals surface area (Å²) in [6.45, 7) is 4.48. The lowest BCUT2D eigenvalue weighted by Gasteiger charge is -2.20. The van der Waals surface area contributed by atoms with Gasteiger partial charge in [0, 0.05) is 18.7 Å². The van der Waals surface area contributed by atoms with Crippen molar-refractivity contribution in [2.24, 2.45) is 5.41 Å². The second-order valence-electron chi connectivity index (χ2n) is 6.79. The number of nitrogens with zero attached hydrogens (tertiary/aromatic N) is 1. The molecule has 1 fully saturated rings. The minimum atomic E-state index is -0.843. The molecule has 0 spiro atoms. The highest BCUT2D eigenvalue weighted by Crippen LogP contribution is 2.31. The molecule has 2 aromatic carbocycles. The molecule has 0 bridgehead atoms. The van der Waals surface area contributed by atoms with E-state index in [4.69, 9.17) is 0 Å². The summed E-state index contributed by atoms with van der Waals surface area (Å²) in [5.41, 5.74) is 2.99. The van der Waals surface area contributed by atoms with E-state index in [9.17, 15) is 14.7 Å². The van der Waals surface area contributed by atoms with E-state index in [0.29, 0.717) is 18.5 Å². The minimum Gasteiger partial charge on any atom is -0.481 e. The predicted octanol–water partition coefficient (Wildman–Crippen LogP) is 3.60. The normalized spacial score (nSPS) is 20.2. The standard InChI is InChI=1S/C20H21NO3/c1-14-5-3-6-15(11-14)16-7-4-8-17(12-16)18(22)21-10-9-20(2,13-21)19(23)24/h3-8,11-12H,9-10,13H2,1-2H3,(H,23,24). The number of carbonyl (C=O) groups is 2. The van der Waals surface area contributed by atoms with Crippen molar-refractivity contribution in [3.63, 3.8) is 0 Å². The first kappa shape index (κ1) is 16.2. The van der Waals surface area contributed by atoms with Crippen molar-refractivity contribution in [3.05, 3.63) is 59.7 Å². The zero-order valence-electron chi connectivity index (χ0n) is 14.0. The molecular weight excluding hydrogens is 302 g/mol. The number of carbonyl (C=O) groups excluding carboxylic acids is 1. The number of carboxylic acids is 1. The first-order valence-corrected chi connectivity index (χ1v) is 8.09. The maximum absolute atomic E-state index is 12.7. The first-order valence-electron chi connectivity index (χ1n) is 8.09. The van der Waals surface area contributed by atoms with Crippen LogP contribution in [0.4, 0.5) is 0 Å². The number of aliphatic carboxylic acids is 1. The molecule has 1 aliphatic heterocycles. The molecule has 1 heterocycles. The van der Waals surface area contributed by atoms with Gasteiger partial charge in [0.15, 0.2) is 0 Å². The molecule has 0 radical (unpaired) electrons. The van der Waals surface area contributed by atoms with Crippen LogP contribution in [-0.4, -0.2) is 35.0 Å². The van der Waals surface area contributed by atoms with Crippen molar-refractivity contribution < 1.29 is 14.7 Å². The molecule has 24 heavy (non-hydrogen) atoms. The van der Waals surface area contributed by atoms with Crippen molar-refractivity contribution in [1.29, 1.82) is 0 Å². The molecule has 1 unspecified atom stereocenters. The average Bonchev–Trinajstić information content (AvgIpc) is 2.98. The van der Waals surface area contributed by atoms with Crippen molar-refractivity contribution in [1.82, 2.24) is 4.90 Å². The fourth-order valence-corrected chi connectivity index (χ4v) is 3.15. The van der Waals surface area contributed by atoms with Crippen LogP contribution < -0.4 is 0 Å². The summed E-state index contributed by atoms with van der Waals surface area (Å²) in [7, 11) is 0. The van der Waals surface area contributed by atoms with Gasteiger partial charge in [0.05, 0.1) is 5.41 Å². The Morgan fingerprint density at radius 2 is 1.75 bits per heavy atom. The summed E-state index contributed by atoms with van der Waals surface area (Å²) >= 11 is 0. The topological polar surface area (TPSA) is 57.6 Å². The van der Waals surface area contributed by atoms with Crippen molar-refractivity contribution >= 4 is 11.9 Å². The van der Waals surface area contributed by atoms with E-state index < -0.39 is 11.4 Å². The highest BCUT2D eigenvalue weighted by Gasteiger charge is 2.42. The van der Waals surface area contributed by atoms with Crippen LogP contribution in [0.5, 0.6) is 0 Å². The third-order valence-electron chi connectivity index (χ3n) is 4.74. The largest absolute Gasteiger partial charge is 0.481 e. The van der Waals surface area contributed by atoms with Gasteiger partial charge in [-0.2, -0.15) is 0 Å². The third kappa shape index (κ3) is 3.04. The molecular formula is C20H21NO3. The summed E-state index contributed by atoms with van der Waals surface area (Å²) in [6, 6.07) is 15.7. The Morgan fingerprint density at radius 1 is 1.08 bits per heavy atom. The zero-order chi connectivity index (χ0) is 17.3. The number of likely N-dealkylation sites (tertiary alicyclic amines) is 1. The monoisotopic (exact) mass is 323 g/mol. The zero-order valence-corrected chi connectivity index (χ0v) is 14.0. The van der Waals surface area contributed by atoms with Gasteiger partial charge in [-0.05, 0) is 43.5 Å². The van der Waals surface area contributed by atoms with E-state index in [1.165, 1.54) is 5.56 Å². The third-order valence-corrected chi connectivity index (χ3v) is 4.74. The van der Waals surface area contributed by atoms with E-state index in [2.05, 4.69) is 6.07 Å². The highest BCUT2D eigenvalue weighted by molar-refractivity contribution is 5.96.